The largest absolute Gasteiger partial charge is 0.477 e. The fourth-order valence-electron chi connectivity index (χ4n) is 1.59. The number of hydrogen-bond donors (Lipinski definition) is 2. The molecule has 94 valence electrons. The Morgan fingerprint density at radius 2 is 2.11 bits per heavy atom. The van der Waals surface area contributed by atoms with Crippen molar-refractivity contribution < 1.29 is 14.3 Å². The van der Waals surface area contributed by atoms with E-state index in [1.54, 1.807) is 31.1 Å². The van der Waals surface area contributed by atoms with Crippen LogP contribution in [0.25, 0.3) is 11.3 Å². The van der Waals surface area contributed by atoms with Gasteiger partial charge in [0.25, 0.3) is 0 Å². The zero-order chi connectivity index (χ0) is 13.3. The molecule has 5 nitrogen and oxygen atoms in total. The number of aromatic carboxylic acids is 1. The molecule has 0 bridgehead atoms. The van der Waals surface area contributed by atoms with E-state index in [1.807, 2.05) is 0 Å². The molecule has 2 N–H and O–H groups in total. The molecule has 0 fully saturated rings. The third-order valence-electron chi connectivity index (χ3n) is 2.53. The van der Waals surface area contributed by atoms with Gasteiger partial charge in [-0.3, -0.25) is 5.10 Å². The fraction of sp³-hybridized carbons (Fsp3) is 0.167. The topological polar surface area (TPSA) is 69.2 Å². The molecule has 2 rings (SSSR count). The van der Waals surface area contributed by atoms with Crippen molar-refractivity contribution in [1.29, 1.82) is 0 Å². The highest BCUT2D eigenvalue weighted by Crippen LogP contribution is 2.25. The summed E-state index contributed by atoms with van der Waals surface area (Å²) in [5.74, 6) is -1.42. The molecule has 0 saturated heterocycles. The van der Waals surface area contributed by atoms with Crippen LogP contribution >= 0.6 is 0 Å². The summed E-state index contributed by atoms with van der Waals surface area (Å²) in [6, 6.07) is 5.93. The molecule has 0 spiro atoms. The zero-order valence-corrected chi connectivity index (χ0v) is 9.94. The van der Waals surface area contributed by atoms with E-state index < -0.39 is 5.97 Å². The molecule has 0 aliphatic heterocycles. The lowest BCUT2D eigenvalue weighted by Gasteiger charge is -2.14. The van der Waals surface area contributed by atoms with Crippen molar-refractivity contribution in [2.45, 2.75) is 0 Å². The average Bonchev–Trinajstić information content (AvgIpc) is 2.78. The maximum absolute atomic E-state index is 13.5. The van der Waals surface area contributed by atoms with Gasteiger partial charge in [-0.05, 0) is 24.3 Å². The second-order valence-corrected chi connectivity index (χ2v) is 4.03. The standard InChI is InChI=1S/C12H12FN3O2/c1-16(2)11-5-7(3-4-8(11)13)9-6-10(12(17)18)15-14-9/h3-6H,1-2H3,(H,14,15)(H,17,18). The molecule has 0 amide bonds. The summed E-state index contributed by atoms with van der Waals surface area (Å²) in [6.07, 6.45) is 0. The lowest BCUT2D eigenvalue weighted by molar-refractivity contribution is 0.0690. The highest BCUT2D eigenvalue weighted by atomic mass is 19.1. The first-order valence-corrected chi connectivity index (χ1v) is 5.25. The van der Waals surface area contributed by atoms with Gasteiger partial charge in [0, 0.05) is 19.7 Å². The maximum Gasteiger partial charge on any atom is 0.353 e. The van der Waals surface area contributed by atoms with Crippen molar-refractivity contribution >= 4 is 11.7 Å². The van der Waals surface area contributed by atoms with Crippen molar-refractivity contribution in [3.63, 3.8) is 0 Å². The quantitative estimate of drug-likeness (QED) is 0.872. The lowest BCUT2D eigenvalue weighted by Crippen LogP contribution is -2.10. The molecule has 2 aromatic rings. The number of benzene rings is 1. The van der Waals surface area contributed by atoms with Crippen LogP contribution in [0, 0.1) is 5.82 Å². The molecule has 1 aromatic heterocycles. The monoisotopic (exact) mass is 249 g/mol. The van der Waals surface area contributed by atoms with Gasteiger partial charge in [0.1, 0.15) is 11.5 Å². The van der Waals surface area contributed by atoms with E-state index in [4.69, 9.17) is 5.11 Å². The van der Waals surface area contributed by atoms with Crippen LogP contribution in [0.15, 0.2) is 24.3 Å². The Kier molecular flexibility index (Phi) is 3.01. The van der Waals surface area contributed by atoms with E-state index in [0.29, 0.717) is 16.9 Å². The number of halogens is 1. The highest BCUT2D eigenvalue weighted by Gasteiger charge is 2.11. The number of aromatic amines is 1. The molecule has 1 aromatic carbocycles. The van der Waals surface area contributed by atoms with Crippen LogP contribution in [0.1, 0.15) is 10.5 Å². The number of nitrogens with one attached hydrogen (secondary N) is 1. The van der Waals surface area contributed by atoms with Crippen LogP contribution in [0.4, 0.5) is 10.1 Å². The van der Waals surface area contributed by atoms with E-state index in [1.165, 1.54) is 12.1 Å². The number of nitrogens with zero attached hydrogens (tertiary/aromatic N) is 2. The van der Waals surface area contributed by atoms with Crippen molar-refractivity contribution in [1.82, 2.24) is 10.2 Å². The van der Waals surface area contributed by atoms with E-state index in [0.717, 1.165) is 0 Å². The second kappa shape index (κ2) is 4.48. The molecule has 0 saturated carbocycles. The number of H-pyrrole nitrogens is 1. The highest BCUT2D eigenvalue weighted by molar-refractivity contribution is 5.87. The maximum atomic E-state index is 13.5. The van der Waals surface area contributed by atoms with Crippen molar-refractivity contribution in [2.75, 3.05) is 19.0 Å². The number of rotatable bonds is 3. The van der Waals surface area contributed by atoms with Crippen LogP contribution < -0.4 is 4.90 Å². The van der Waals surface area contributed by atoms with Gasteiger partial charge in [-0.1, -0.05) is 0 Å². The number of carbonyl (C=O) groups is 1. The van der Waals surface area contributed by atoms with E-state index >= 15 is 0 Å². The lowest BCUT2D eigenvalue weighted by atomic mass is 10.1. The Morgan fingerprint density at radius 3 is 2.67 bits per heavy atom. The van der Waals surface area contributed by atoms with Gasteiger partial charge >= 0.3 is 5.97 Å². The number of hydrogen-bond acceptors (Lipinski definition) is 3. The van der Waals surface area contributed by atoms with Gasteiger partial charge in [0.15, 0.2) is 0 Å². The second-order valence-electron chi connectivity index (χ2n) is 4.03. The molecule has 6 heteroatoms. The summed E-state index contributed by atoms with van der Waals surface area (Å²) in [5, 5.41) is 15.1. The van der Waals surface area contributed by atoms with E-state index in [2.05, 4.69) is 10.2 Å². The summed E-state index contributed by atoms with van der Waals surface area (Å²) in [4.78, 5) is 12.4. The van der Waals surface area contributed by atoms with Gasteiger partial charge < -0.3 is 10.0 Å². The van der Waals surface area contributed by atoms with Crippen molar-refractivity contribution in [2.24, 2.45) is 0 Å². The SMILES string of the molecule is CN(C)c1cc(-c2cc(C(=O)O)[nH]n2)ccc1F. The van der Waals surface area contributed by atoms with Crippen LogP contribution in [-0.2, 0) is 0 Å². The van der Waals surface area contributed by atoms with Gasteiger partial charge in [0.05, 0.1) is 11.4 Å². The van der Waals surface area contributed by atoms with Gasteiger partial charge in [-0.2, -0.15) is 5.10 Å². The third-order valence-corrected chi connectivity index (χ3v) is 2.53. The van der Waals surface area contributed by atoms with Gasteiger partial charge in [0.2, 0.25) is 0 Å². The van der Waals surface area contributed by atoms with E-state index in [-0.39, 0.29) is 11.5 Å². The molecule has 0 aliphatic carbocycles. The minimum atomic E-state index is -1.08. The fourth-order valence-corrected chi connectivity index (χ4v) is 1.59. The molecule has 0 radical (unpaired) electrons. The Balaban J connectivity index is 2.44. The first kappa shape index (κ1) is 12.1. The number of aromatic nitrogens is 2. The van der Waals surface area contributed by atoms with Crippen LogP contribution in [-0.4, -0.2) is 35.4 Å². The smallest absolute Gasteiger partial charge is 0.353 e. The van der Waals surface area contributed by atoms with Crippen LogP contribution in [0.5, 0.6) is 0 Å². The molecule has 0 unspecified atom stereocenters. The predicted molar refractivity (Wildman–Crippen MR) is 65.3 cm³/mol. The third kappa shape index (κ3) is 2.17. The van der Waals surface area contributed by atoms with Gasteiger partial charge in [-0.25, -0.2) is 9.18 Å². The molecule has 1 heterocycles. The summed E-state index contributed by atoms with van der Waals surface area (Å²) in [7, 11) is 3.46. The number of carboxylic acids is 1. The summed E-state index contributed by atoms with van der Waals surface area (Å²) in [5.41, 5.74) is 1.55. The summed E-state index contributed by atoms with van der Waals surface area (Å²) in [6.45, 7) is 0. The Morgan fingerprint density at radius 1 is 1.39 bits per heavy atom. The molecule has 0 atom stereocenters. The zero-order valence-electron chi connectivity index (χ0n) is 9.94. The first-order valence-electron chi connectivity index (χ1n) is 5.25. The predicted octanol–water partition coefficient (Wildman–Crippen LogP) is 1.98. The van der Waals surface area contributed by atoms with Crippen LogP contribution in [0.3, 0.4) is 0 Å². The number of anilines is 1. The average molecular weight is 249 g/mol. The summed E-state index contributed by atoms with van der Waals surface area (Å²) >= 11 is 0. The minimum absolute atomic E-state index is 0.000674. The molecular weight excluding hydrogens is 237 g/mol. The molecule has 0 aliphatic rings. The Hall–Kier alpha value is -2.37. The normalized spacial score (nSPS) is 10.4. The minimum Gasteiger partial charge on any atom is -0.477 e. The summed E-state index contributed by atoms with van der Waals surface area (Å²) < 4.78 is 13.5. The Labute approximate surface area is 103 Å². The van der Waals surface area contributed by atoms with E-state index in [9.17, 15) is 9.18 Å². The van der Waals surface area contributed by atoms with Crippen LogP contribution in [0.2, 0.25) is 0 Å². The van der Waals surface area contributed by atoms with Crippen molar-refractivity contribution in [3.8, 4) is 11.3 Å². The first-order chi connectivity index (χ1) is 8.49. The molecule has 18 heavy (non-hydrogen) atoms. The van der Waals surface area contributed by atoms with Crippen molar-refractivity contribution in [3.05, 3.63) is 35.8 Å². The van der Waals surface area contributed by atoms with Gasteiger partial charge in [-0.15, -0.1) is 0 Å². The Bertz CT molecular complexity index is 593. The molecular formula is C12H12FN3O2. The number of carboxylic acid groups (broad SMARTS) is 1.